The molecule has 0 aliphatic carbocycles. The first kappa shape index (κ1) is 15.5. The van der Waals surface area contributed by atoms with Crippen LogP contribution in [0.4, 0.5) is 13.2 Å². The third-order valence-corrected chi connectivity index (χ3v) is 4.29. The quantitative estimate of drug-likeness (QED) is 0.573. The molecule has 1 heterocycles. The van der Waals surface area contributed by atoms with Crippen molar-refractivity contribution in [2.24, 2.45) is 0 Å². The maximum absolute atomic E-state index is 14.2. The molecule has 0 saturated carbocycles. The number of benzene rings is 3. The number of hydrogen-bond acceptors (Lipinski definition) is 1. The fourth-order valence-corrected chi connectivity index (χ4v) is 3.08. The van der Waals surface area contributed by atoms with Gasteiger partial charge in [-0.05, 0) is 53.6 Å². The van der Waals surface area contributed by atoms with Crippen LogP contribution in [-0.4, -0.2) is 0 Å². The van der Waals surface area contributed by atoms with Crippen LogP contribution in [0.2, 0.25) is 0 Å². The van der Waals surface area contributed by atoms with Gasteiger partial charge in [0.1, 0.15) is 23.2 Å². The summed E-state index contributed by atoms with van der Waals surface area (Å²) < 4.78 is 47.3. The standard InChI is InChI=1S/C21H13F3O/c22-14-6-7-20(24)17(12-14)13-5-8-21-18(11-13)15(9-10-25-21)16-3-1-2-4-19(16)23/h1-12,15H. The van der Waals surface area contributed by atoms with Crippen molar-refractivity contribution >= 4 is 0 Å². The highest BCUT2D eigenvalue weighted by atomic mass is 19.1. The van der Waals surface area contributed by atoms with Gasteiger partial charge in [-0.3, -0.25) is 0 Å². The van der Waals surface area contributed by atoms with Crippen molar-refractivity contribution in [2.45, 2.75) is 5.92 Å². The highest BCUT2D eigenvalue weighted by molar-refractivity contribution is 5.68. The number of halogens is 3. The summed E-state index contributed by atoms with van der Waals surface area (Å²) in [5, 5.41) is 0. The van der Waals surface area contributed by atoms with Crippen molar-refractivity contribution in [3.05, 3.63) is 102 Å². The molecular formula is C21H13F3O. The van der Waals surface area contributed by atoms with Gasteiger partial charge in [0, 0.05) is 17.0 Å². The van der Waals surface area contributed by atoms with Crippen molar-refractivity contribution in [1.82, 2.24) is 0 Å². The van der Waals surface area contributed by atoms with Crippen LogP contribution in [-0.2, 0) is 0 Å². The van der Waals surface area contributed by atoms with Crippen LogP contribution < -0.4 is 4.74 Å². The molecular weight excluding hydrogens is 325 g/mol. The second kappa shape index (κ2) is 6.13. The normalized spacial score (nSPS) is 15.6. The maximum Gasteiger partial charge on any atom is 0.131 e. The summed E-state index contributed by atoms with van der Waals surface area (Å²) in [7, 11) is 0. The van der Waals surface area contributed by atoms with E-state index in [1.54, 1.807) is 42.5 Å². The van der Waals surface area contributed by atoms with E-state index in [1.165, 1.54) is 12.3 Å². The summed E-state index contributed by atoms with van der Waals surface area (Å²) in [4.78, 5) is 0. The Labute approximate surface area is 143 Å². The molecule has 0 fully saturated rings. The summed E-state index contributed by atoms with van der Waals surface area (Å²) in [6.45, 7) is 0. The molecule has 1 unspecified atom stereocenters. The second-order valence-corrected chi connectivity index (χ2v) is 5.82. The number of ether oxygens (including phenoxy) is 1. The Balaban J connectivity index is 1.86. The lowest BCUT2D eigenvalue weighted by molar-refractivity contribution is 0.457. The van der Waals surface area contributed by atoms with Crippen molar-refractivity contribution in [3.63, 3.8) is 0 Å². The average Bonchev–Trinajstić information content (AvgIpc) is 2.63. The molecule has 0 bridgehead atoms. The van der Waals surface area contributed by atoms with E-state index >= 15 is 0 Å². The van der Waals surface area contributed by atoms with Gasteiger partial charge in [-0.15, -0.1) is 0 Å². The zero-order valence-corrected chi connectivity index (χ0v) is 13.0. The third kappa shape index (κ3) is 2.80. The van der Waals surface area contributed by atoms with Crippen LogP contribution >= 0.6 is 0 Å². The molecule has 0 N–H and O–H groups in total. The Bertz CT molecular complexity index is 979. The smallest absolute Gasteiger partial charge is 0.131 e. The number of hydrogen-bond donors (Lipinski definition) is 0. The van der Waals surface area contributed by atoms with Gasteiger partial charge >= 0.3 is 0 Å². The molecule has 1 atom stereocenters. The molecule has 3 aromatic rings. The van der Waals surface area contributed by atoms with Crippen LogP contribution in [0.3, 0.4) is 0 Å². The Morgan fingerprint density at radius 2 is 1.60 bits per heavy atom. The predicted molar refractivity (Wildman–Crippen MR) is 89.8 cm³/mol. The van der Waals surface area contributed by atoms with Gasteiger partial charge in [-0.25, -0.2) is 13.2 Å². The summed E-state index contributed by atoms with van der Waals surface area (Å²) in [6.07, 6.45) is 3.26. The highest BCUT2D eigenvalue weighted by Crippen LogP contribution is 2.40. The SMILES string of the molecule is Fc1ccc(F)c(-c2ccc3c(c2)C(c2ccccc2F)C=CO3)c1. The molecule has 3 aromatic carbocycles. The van der Waals surface area contributed by atoms with Gasteiger partial charge in [-0.2, -0.15) is 0 Å². The van der Waals surface area contributed by atoms with E-state index < -0.39 is 11.6 Å². The lowest BCUT2D eigenvalue weighted by atomic mass is 9.87. The first-order valence-electron chi connectivity index (χ1n) is 7.80. The molecule has 1 aliphatic rings. The monoisotopic (exact) mass is 338 g/mol. The van der Waals surface area contributed by atoms with E-state index in [1.807, 2.05) is 0 Å². The molecule has 4 rings (SSSR count). The van der Waals surface area contributed by atoms with Crippen LogP contribution in [0.5, 0.6) is 5.75 Å². The maximum atomic E-state index is 14.2. The van der Waals surface area contributed by atoms with Crippen LogP contribution in [0.25, 0.3) is 11.1 Å². The van der Waals surface area contributed by atoms with Gasteiger partial charge < -0.3 is 4.74 Å². The van der Waals surface area contributed by atoms with E-state index in [0.717, 1.165) is 18.2 Å². The molecule has 4 heteroatoms. The number of allylic oxidation sites excluding steroid dienone is 1. The van der Waals surface area contributed by atoms with Gasteiger partial charge in [0.05, 0.1) is 6.26 Å². The second-order valence-electron chi connectivity index (χ2n) is 5.82. The zero-order valence-electron chi connectivity index (χ0n) is 13.0. The number of rotatable bonds is 2. The van der Waals surface area contributed by atoms with Gasteiger partial charge in [0.25, 0.3) is 0 Å². The first-order valence-corrected chi connectivity index (χ1v) is 7.80. The Hall–Kier alpha value is -3.01. The third-order valence-electron chi connectivity index (χ3n) is 4.29. The molecule has 0 radical (unpaired) electrons. The Morgan fingerprint density at radius 3 is 2.44 bits per heavy atom. The van der Waals surface area contributed by atoms with Crippen molar-refractivity contribution in [3.8, 4) is 16.9 Å². The molecule has 25 heavy (non-hydrogen) atoms. The largest absolute Gasteiger partial charge is 0.465 e. The van der Waals surface area contributed by atoms with E-state index in [0.29, 0.717) is 22.4 Å². The zero-order chi connectivity index (χ0) is 17.4. The molecule has 1 aliphatic heterocycles. The lowest BCUT2D eigenvalue weighted by Crippen LogP contribution is -2.07. The topological polar surface area (TPSA) is 9.23 Å². The van der Waals surface area contributed by atoms with Crippen molar-refractivity contribution in [2.75, 3.05) is 0 Å². The molecule has 124 valence electrons. The summed E-state index contributed by atoms with van der Waals surface area (Å²) in [6, 6.07) is 14.9. The summed E-state index contributed by atoms with van der Waals surface area (Å²) >= 11 is 0. The molecule has 0 aromatic heterocycles. The lowest BCUT2D eigenvalue weighted by Gasteiger charge is -2.22. The Kier molecular flexibility index (Phi) is 3.80. The first-order chi connectivity index (χ1) is 12.1. The minimum Gasteiger partial charge on any atom is -0.465 e. The Morgan fingerprint density at radius 1 is 0.760 bits per heavy atom. The minimum absolute atomic E-state index is 0.157. The van der Waals surface area contributed by atoms with Gasteiger partial charge in [0.2, 0.25) is 0 Å². The number of fused-ring (bicyclic) bond motifs is 1. The van der Waals surface area contributed by atoms with Gasteiger partial charge in [0.15, 0.2) is 0 Å². The average molecular weight is 338 g/mol. The summed E-state index contributed by atoms with van der Waals surface area (Å²) in [5.41, 5.74) is 1.87. The molecule has 0 saturated heterocycles. The van der Waals surface area contributed by atoms with E-state index in [-0.39, 0.29) is 17.3 Å². The predicted octanol–water partition coefficient (Wildman–Crippen LogP) is 5.81. The molecule has 1 nitrogen and oxygen atoms in total. The van der Waals surface area contributed by atoms with E-state index in [2.05, 4.69) is 0 Å². The fraction of sp³-hybridized carbons (Fsp3) is 0.0476. The van der Waals surface area contributed by atoms with Crippen LogP contribution in [0.15, 0.2) is 73.0 Å². The van der Waals surface area contributed by atoms with E-state index in [9.17, 15) is 13.2 Å². The van der Waals surface area contributed by atoms with Crippen molar-refractivity contribution < 1.29 is 17.9 Å². The minimum atomic E-state index is -0.518. The van der Waals surface area contributed by atoms with Crippen LogP contribution in [0, 0.1) is 17.5 Å². The fourth-order valence-electron chi connectivity index (χ4n) is 3.08. The van der Waals surface area contributed by atoms with E-state index in [4.69, 9.17) is 4.74 Å². The highest BCUT2D eigenvalue weighted by Gasteiger charge is 2.23. The summed E-state index contributed by atoms with van der Waals surface area (Å²) in [5.74, 6) is -1.16. The molecule has 0 amide bonds. The van der Waals surface area contributed by atoms with Crippen molar-refractivity contribution in [1.29, 1.82) is 0 Å². The van der Waals surface area contributed by atoms with Crippen LogP contribution in [0.1, 0.15) is 17.0 Å². The molecule has 0 spiro atoms. The van der Waals surface area contributed by atoms with Gasteiger partial charge in [-0.1, -0.05) is 24.3 Å².